The van der Waals surface area contributed by atoms with Gasteiger partial charge < -0.3 is 0 Å². The highest BCUT2D eigenvalue weighted by Gasteiger charge is 2.15. The van der Waals surface area contributed by atoms with Crippen LogP contribution in [0.5, 0.6) is 0 Å². The second-order valence-electron chi connectivity index (χ2n) is 3.04. The summed E-state index contributed by atoms with van der Waals surface area (Å²) in [6, 6.07) is 0. The van der Waals surface area contributed by atoms with Crippen molar-refractivity contribution < 1.29 is 9.00 Å². The molecule has 1 heterocycles. The number of carbonyl (C=O) groups is 1. The number of amides is 1. The highest BCUT2D eigenvalue weighted by atomic mass is 79.9. The van der Waals surface area contributed by atoms with E-state index in [2.05, 4.69) is 25.4 Å². The van der Waals surface area contributed by atoms with Crippen molar-refractivity contribution in [2.45, 2.75) is 0 Å². The van der Waals surface area contributed by atoms with Gasteiger partial charge in [-0.1, -0.05) is 0 Å². The maximum absolute atomic E-state index is 11.5. The molecular formula is C7H10BrN3O2S. The van der Waals surface area contributed by atoms with Gasteiger partial charge in [-0.05, 0) is 15.9 Å². The smallest absolute Gasteiger partial charge is 0.264 e. The quantitative estimate of drug-likeness (QED) is 0.772. The fourth-order valence-corrected chi connectivity index (χ4v) is 1.90. The topological polar surface area (TPSA) is 64.3 Å². The summed E-state index contributed by atoms with van der Waals surface area (Å²) in [6.45, 7) is 0. The van der Waals surface area contributed by atoms with Crippen molar-refractivity contribution in [3.8, 4) is 0 Å². The monoisotopic (exact) mass is 279 g/mol. The molecule has 0 aromatic carbocycles. The van der Waals surface area contributed by atoms with Crippen molar-refractivity contribution in [1.82, 2.24) is 9.78 Å². The Morgan fingerprint density at radius 3 is 2.57 bits per heavy atom. The fourth-order valence-electron chi connectivity index (χ4n) is 0.894. The van der Waals surface area contributed by atoms with Crippen molar-refractivity contribution in [2.24, 2.45) is 11.4 Å². The number of rotatable bonds is 1. The normalized spacial score (nSPS) is 11.4. The summed E-state index contributed by atoms with van der Waals surface area (Å²) in [5, 5.41) is 3.86. The first-order valence-corrected chi connectivity index (χ1v) is 6.82. The van der Waals surface area contributed by atoms with Crippen molar-refractivity contribution in [1.29, 1.82) is 0 Å². The molecule has 1 amide bonds. The van der Waals surface area contributed by atoms with Crippen LogP contribution in [0.25, 0.3) is 0 Å². The highest BCUT2D eigenvalue weighted by Crippen LogP contribution is 2.16. The van der Waals surface area contributed by atoms with Crippen molar-refractivity contribution in [2.75, 3.05) is 12.5 Å². The van der Waals surface area contributed by atoms with Gasteiger partial charge >= 0.3 is 5.91 Å². The number of hydrogen-bond acceptors (Lipinski definition) is 3. The minimum atomic E-state index is -2.42. The first-order valence-electron chi connectivity index (χ1n) is 3.70. The van der Waals surface area contributed by atoms with Crippen molar-refractivity contribution in [3.05, 3.63) is 16.4 Å². The Hall–Kier alpha value is -0.690. The van der Waals surface area contributed by atoms with Crippen LogP contribution in [0, 0.1) is 0 Å². The Balaban J connectivity index is 3.21. The first kappa shape index (κ1) is 11.4. The fraction of sp³-hybridized carbons (Fsp3) is 0.429. The van der Waals surface area contributed by atoms with Crippen LogP contribution in [0.4, 0.5) is 0 Å². The lowest BCUT2D eigenvalue weighted by atomic mass is 10.4. The predicted molar refractivity (Wildman–Crippen MR) is 57.7 cm³/mol. The highest BCUT2D eigenvalue weighted by molar-refractivity contribution is 9.10. The Kier molecular flexibility index (Phi) is 3.10. The maximum atomic E-state index is 11.5. The van der Waals surface area contributed by atoms with Crippen LogP contribution in [0.15, 0.2) is 15.0 Å². The molecule has 0 aliphatic carbocycles. The van der Waals surface area contributed by atoms with Crippen LogP contribution in [0.1, 0.15) is 10.5 Å². The molecule has 1 rings (SSSR count). The number of hydrogen-bond donors (Lipinski definition) is 0. The van der Waals surface area contributed by atoms with E-state index < -0.39 is 15.6 Å². The molecule has 0 saturated carbocycles. The second kappa shape index (κ2) is 3.82. The van der Waals surface area contributed by atoms with Gasteiger partial charge in [0, 0.05) is 29.3 Å². The van der Waals surface area contributed by atoms with Crippen LogP contribution >= 0.6 is 15.9 Å². The molecule has 0 unspecified atom stereocenters. The second-order valence-corrected chi connectivity index (χ2v) is 6.44. The minimum absolute atomic E-state index is 0.307. The number of carbonyl (C=O) groups excluding carboxylic acids is 1. The number of halogens is 1. The van der Waals surface area contributed by atoms with E-state index in [4.69, 9.17) is 0 Å². The van der Waals surface area contributed by atoms with E-state index in [1.165, 1.54) is 23.4 Å². The van der Waals surface area contributed by atoms with Gasteiger partial charge in [0.25, 0.3) is 0 Å². The first-order chi connectivity index (χ1) is 6.31. The van der Waals surface area contributed by atoms with Gasteiger partial charge in [-0.3, -0.25) is 9.48 Å². The molecule has 78 valence electrons. The molecule has 0 N–H and O–H groups in total. The molecule has 0 spiro atoms. The van der Waals surface area contributed by atoms with E-state index in [9.17, 15) is 9.00 Å². The molecule has 1 aromatic heterocycles. The van der Waals surface area contributed by atoms with Crippen LogP contribution in [-0.2, 0) is 16.8 Å². The van der Waals surface area contributed by atoms with E-state index in [0.717, 1.165) is 0 Å². The van der Waals surface area contributed by atoms with Gasteiger partial charge in [0.2, 0.25) is 0 Å². The van der Waals surface area contributed by atoms with Crippen LogP contribution in [0.3, 0.4) is 0 Å². The SMILES string of the molecule is Cn1ncc(Br)c1C(=O)N=S(C)(C)=O. The third-order valence-electron chi connectivity index (χ3n) is 1.40. The summed E-state index contributed by atoms with van der Waals surface area (Å²) < 4.78 is 16.8. The Labute approximate surface area is 90.8 Å². The molecule has 5 nitrogen and oxygen atoms in total. The Morgan fingerprint density at radius 1 is 1.64 bits per heavy atom. The van der Waals surface area contributed by atoms with Gasteiger partial charge in [0.1, 0.15) is 5.69 Å². The molecular weight excluding hydrogens is 270 g/mol. The molecule has 0 aliphatic heterocycles. The van der Waals surface area contributed by atoms with E-state index in [1.807, 2.05) is 0 Å². The average Bonchev–Trinajstić information content (AvgIpc) is 2.27. The molecule has 0 fully saturated rings. The number of nitrogens with zero attached hydrogens (tertiary/aromatic N) is 3. The largest absolute Gasteiger partial charge is 0.304 e. The van der Waals surface area contributed by atoms with E-state index >= 15 is 0 Å². The van der Waals surface area contributed by atoms with Crippen LogP contribution in [-0.4, -0.2) is 32.4 Å². The number of aromatic nitrogens is 2. The zero-order valence-corrected chi connectivity index (χ0v) is 10.4. The van der Waals surface area contributed by atoms with E-state index in [1.54, 1.807) is 7.05 Å². The molecule has 7 heteroatoms. The predicted octanol–water partition coefficient (Wildman–Crippen LogP) is 1.05. The number of aryl methyl sites for hydroxylation is 1. The zero-order valence-electron chi connectivity index (χ0n) is 8.02. The summed E-state index contributed by atoms with van der Waals surface area (Å²) in [5.41, 5.74) is 0.307. The standard InChI is InChI=1S/C7H10BrN3O2S/c1-11-6(5(8)4-9-11)7(12)10-14(2,3)13/h4H,1-3H3. The van der Waals surface area contributed by atoms with Crippen molar-refractivity contribution >= 4 is 31.6 Å². The molecule has 0 bridgehead atoms. The summed E-state index contributed by atoms with van der Waals surface area (Å²) in [7, 11) is -0.794. The summed E-state index contributed by atoms with van der Waals surface area (Å²) in [4.78, 5) is 11.5. The van der Waals surface area contributed by atoms with Crippen molar-refractivity contribution in [3.63, 3.8) is 0 Å². The van der Waals surface area contributed by atoms with Gasteiger partial charge in [-0.2, -0.15) is 9.46 Å². The lowest BCUT2D eigenvalue weighted by molar-refractivity contribution is 0.0995. The van der Waals surface area contributed by atoms with E-state index in [-0.39, 0.29) is 0 Å². The van der Waals surface area contributed by atoms with Gasteiger partial charge in [0.05, 0.1) is 10.7 Å². The Bertz CT molecular complexity index is 458. The molecule has 0 saturated heterocycles. The maximum Gasteiger partial charge on any atom is 0.304 e. The Morgan fingerprint density at radius 2 is 2.21 bits per heavy atom. The molecule has 0 atom stereocenters. The summed E-state index contributed by atoms with van der Waals surface area (Å²) in [6.07, 6.45) is 4.32. The lowest BCUT2D eigenvalue weighted by Crippen LogP contribution is -2.07. The van der Waals surface area contributed by atoms with Crippen LogP contribution < -0.4 is 0 Å². The summed E-state index contributed by atoms with van der Waals surface area (Å²) in [5.74, 6) is -0.521. The zero-order chi connectivity index (χ0) is 10.9. The van der Waals surface area contributed by atoms with E-state index in [0.29, 0.717) is 10.2 Å². The van der Waals surface area contributed by atoms with Gasteiger partial charge in [0.15, 0.2) is 0 Å². The molecule has 0 radical (unpaired) electrons. The molecule has 14 heavy (non-hydrogen) atoms. The molecule has 0 aliphatic rings. The van der Waals surface area contributed by atoms with Gasteiger partial charge in [-0.15, -0.1) is 0 Å². The van der Waals surface area contributed by atoms with Crippen LogP contribution in [0.2, 0.25) is 0 Å². The average molecular weight is 280 g/mol. The third-order valence-corrected chi connectivity index (χ3v) is 2.59. The summed E-state index contributed by atoms with van der Waals surface area (Å²) >= 11 is 3.17. The molecule has 1 aromatic rings. The minimum Gasteiger partial charge on any atom is -0.264 e. The third kappa shape index (κ3) is 2.65. The van der Waals surface area contributed by atoms with Gasteiger partial charge in [-0.25, -0.2) is 4.21 Å². The lowest BCUT2D eigenvalue weighted by Gasteiger charge is -1.98.